The summed E-state index contributed by atoms with van der Waals surface area (Å²) in [6.45, 7) is 7.04. The third-order valence-electron chi connectivity index (χ3n) is 6.71. The van der Waals surface area contributed by atoms with Gasteiger partial charge in [0.2, 0.25) is 0 Å². The number of hydrogen-bond acceptors (Lipinski definition) is 4. The zero-order valence-electron chi connectivity index (χ0n) is 19.7. The Hall–Kier alpha value is -2.50. The first-order valence-corrected chi connectivity index (χ1v) is 11.5. The number of ether oxygens (including phenoxy) is 2. The molecule has 4 rings (SSSR count). The van der Waals surface area contributed by atoms with Crippen LogP contribution < -0.4 is 9.47 Å². The van der Waals surface area contributed by atoms with Crippen LogP contribution in [-0.2, 0) is 24.2 Å². The molecule has 0 radical (unpaired) electrons. The maximum Gasteiger partial charge on any atom is 0.309 e. The second-order valence-electron chi connectivity index (χ2n) is 8.96. The normalized spacial score (nSPS) is 16.0. The van der Waals surface area contributed by atoms with Crippen molar-refractivity contribution in [3.8, 4) is 11.5 Å². The maximum atomic E-state index is 11.0. The number of likely N-dealkylation sites (tertiary alicyclic amines) is 1. The first-order chi connectivity index (χ1) is 15.5. The van der Waals surface area contributed by atoms with E-state index in [1.165, 1.54) is 27.8 Å². The van der Waals surface area contributed by atoms with Crippen LogP contribution in [0.5, 0.6) is 11.5 Å². The zero-order valence-corrected chi connectivity index (χ0v) is 20.5. The van der Waals surface area contributed by atoms with E-state index in [1.807, 2.05) is 6.07 Å². The molecule has 178 valence electrons. The molecule has 1 fully saturated rings. The van der Waals surface area contributed by atoms with E-state index < -0.39 is 5.97 Å². The van der Waals surface area contributed by atoms with Crippen molar-refractivity contribution in [2.75, 3.05) is 26.7 Å². The van der Waals surface area contributed by atoms with Crippen molar-refractivity contribution in [1.29, 1.82) is 0 Å². The number of aryl methyl sites for hydroxylation is 2. The summed E-state index contributed by atoms with van der Waals surface area (Å²) in [5.74, 6) is 0.885. The van der Waals surface area contributed by atoms with Crippen LogP contribution in [0.25, 0.3) is 5.57 Å². The highest BCUT2D eigenvalue weighted by atomic mass is 35.5. The van der Waals surface area contributed by atoms with Gasteiger partial charge in [0, 0.05) is 25.2 Å². The van der Waals surface area contributed by atoms with E-state index in [-0.39, 0.29) is 18.3 Å². The molecule has 0 bridgehead atoms. The van der Waals surface area contributed by atoms with Gasteiger partial charge < -0.3 is 14.6 Å². The van der Waals surface area contributed by atoms with Crippen LogP contribution in [0, 0.1) is 5.92 Å². The molecule has 2 aromatic carbocycles. The first-order valence-electron chi connectivity index (χ1n) is 11.5. The van der Waals surface area contributed by atoms with Crippen molar-refractivity contribution >= 4 is 23.9 Å². The average molecular weight is 472 g/mol. The van der Waals surface area contributed by atoms with Crippen LogP contribution in [0.4, 0.5) is 0 Å². The van der Waals surface area contributed by atoms with Crippen molar-refractivity contribution in [2.45, 2.75) is 46.1 Å². The lowest BCUT2D eigenvalue weighted by molar-refractivity contribution is -0.147. The van der Waals surface area contributed by atoms with E-state index in [4.69, 9.17) is 14.6 Å². The molecular formula is C27H34ClNO4. The minimum absolute atomic E-state index is 0. The predicted molar refractivity (Wildman–Crippen MR) is 133 cm³/mol. The average Bonchev–Trinajstić information content (AvgIpc) is 2.76. The summed E-state index contributed by atoms with van der Waals surface area (Å²) >= 11 is 0. The van der Waals surface area contributed by atoms with E-state index in [0.717, 1.165) is 49.3 Å². The maximum absolute atomic E-state index is 11.0. The molecule has 33 heavy (non-hydrogen) atoms. The van der Waals surface area contributed by atoms with E-state index in [2.05, 4.69) is 49.1 Å². The monoisotopic (exact) mass is 471 g/mol. The van der Waals surface area contributed by atoms with Gasteiger partial charge in [0.25, 0.3) is 0 Å². The summed E-state index contributed by atoms with van der Waals surface area (Å²) in [4.78, 5) is 13.3. The van der Waals surface area contributed by atoms with Crippen molar-refractivity contribution < 1.29 is 19.4 Å². The van der Waals surface area contributed by atoms with Crippen LogP contribution >= 0.6 is 12.4 Å². The number of halogens is 1. The van der Waals surface area contributed by atoms with Crippen LogP contribution in [0.3, 0.4) is 0 Å². The Morgan fingerprint density at radius 1 is 1.15 bits per heavy atom. The molecule has 1 aliphatic carbocycles. The highest BCUT2D eigenvalue weighted by Crippen LogP contribution is 2.35. The van der Waals surface area contributed by atoms with Gasteiger partial charge in [-0.15, -0.1) is 12.4 Å². The fourth-order valence-electron chi connectivity index (χ4n) is 4.73. The molecule has 0 atom stereocenters. The number of fused-ring (bicyclic) bond motifs is 1. The predicted octanol–water partition coefficient (Wildman–Crippen LogP) is 5.38. The van der Waals surface area contributed by atoms with E-state index in [0.29, 0.717) is 19.7 Å². The van der Waals surface area contributed by atoms with Crippen LogP contribution in [0.15, 0.2) is 42.0 Å². The van der Waals surface area contributed by atoms with Gasteiger partial charge in [-0.25, -0.2) is 0 Å². The Labute approximate surface area is 202 Å². The summed E-state index contributed by atoms with van der Waals surface area (Å²) in [7, 11) is 1.71. The van der Waals surface area contributed by atoms with E-state index in [9.17, 15) is 4.79 Å². The van der Waals surface area contributed by atoms with Gasteiger partial charge in [0.15, 0.2) is 0 Å². The molecule has 0 aromatic heterocycles. The molecule has 1 heterocycles. The zero-order chi connectivity index (χ0) is 22.7. The lowest BCUT2D eigenvalue weighted by atomic mass is 9.85. The van der Waals surface area contributed by atoms with Crippen molar-refractivity contribution in [2.24, 2.45) is 5.92 Å². The van der Waals surface area contributed by atoms with Gasteiger partial charge in [-0.3, -0.25) is 9.69 Å². The number of benzene rings is 2. The molecule has 2 aliphatic rings. The number of methoxy groups -OCH3 is 1. The van der Waals surface area contributed by atoms with Gasteiger partial charge in [-0.05, 0) is 66.6 Å². The lowest BCUT2D eigenvalue weighted by Crippen LogP contribution is -2.50. The van der Waals surface area contributed by atoms with Gasteiger partial charge in [0.05, 0.1) is 13.0 Å². The summed E-state index contributed by atoms with van der Waals surface area (Å²) in [6, 6.07) is 12.7. The van der Waals surface area contributed by atoms with Crippen LogP contribution in [0.2, 0.25) is 0 Å². The molecule has 0 amide bonds. The highest BCUT2D eigenvalue weighted by molar-refractivity contribution is 5.85. The Morgan fingerprint density at radius 3 is 2.64 bits per heavy atom. The van der Waals surface area contributed by atoms with Gasteiger partial charge in [-0.1, -0.05) is 37.1 Å². The number of rotatable bonds is 9. The molecule has 2 aromatic rings. The number of aliphatic carboxylic acids is 1. The Morgan fingerprint density at radius 2 is 1.94 bits per heavy atom. The smallest absolute Gasteiger partial charge is 0.309 e. The number of carbonyl (C=O) groups is 1. The quantitative estimate of drug-likeness (QED) is 0.531. The summed E-state index contributed by atoms with van der Waals surface area (Å²) in [6.07, 6.45) is 4.17. The molecule has 0 unspecified atom stereocenters. The number of hydrogen-bond donors (Lipinski definition) is 1. The van der Waals surface area contributed by atoms with Gasteiger partial charge in [-0.2, -0.15) is 0 Å². The fraction of sp³-hybridized carbons (Fsp3) is 0.444. The molecule has 6 heteroatoms. The van der Waals surface area contributed by atoms with Crippen molar-refractivity contribution in [3.63, 3.8) is 0 Å². The second kappa shape index (κ2) is 11.1. The third-order valence-corrected chi connectivity index (χ3v) is 6.71. The Kier molecular flexibility index (Phi) is 8.44. The standard InChI is InChI=1S/C27H33NO4.ClH/c1-4-5-19-6-7-22(26(12-19)31-3)17-32-24-10-11-25-18(2)21(9-8-20(25)13-24)14-28-15-23(16-28)27(29)30;/h6-7,10-13,23H,4-5,8-9,14-17H2,1-3H3,(H,29,30);1H. The number of carboxylic acids is 1. The highest BCUT2D eigenvalue weighted by Gasteiger charge is 2.33. The largest absolute Gasteiger partial charge is 0.496 e. The van der Waals surface area contributed by atoms with Crippen LogP contribution in [-0.4, -0.2) is 42.7 Å². The fourth-order valence-corrected chi connectivity index (χ4v) is 4.73. The first kappa shape index (κ1) is 25.1. The summed E-state index contributed by atoms with van der Waals surface area (Å²) in [5.41, 5.74) is 7.70. The molecule has 1 N–H and O–H groups in total. The van der Waals surface area contributed by atoms with Crippen LogP contribution in [0.1, 0.15) is 48.9 Å². The third kappa shape index (κ3) is 5.71. The molecular weight excluding hydrogens is 438 g/mol. The Bertz CT molecular complexity index is 1030. The SMILES string of the molecule is CCCc1ccc(COc2ccc3c(c2)CCC(CN2CC(C(=O)O)C2)=C3C)c(OC)c1.Cl. The van der Waals surface area contributed by atoms with Gasteiger partial charge >= 0.3 is 5.97 Å². The minimum Gasteiger partial charge on any atom is -0.496 e. The number of carboxylic acid groups (broad SMARTS) is 1. The Balaban J connectivity index is 0.00000306. The second-order valence-corrected chi connectivity index (χ2v) is 8.96. The topological polar surface area (TPSA) is 59.0 Å². The van der Waals surface area contributed by atoms with E-state index >= 15 is 0 Å². The van der Waals surface area contributed by atoms with E-state index in [1.54, 1.807) is 7.11 Å². The minimum atomic E-state index is -0.678. The molecule has 0 saturated carbocycles. The van der Waals surface area contributed by atoms with Crippen molar-refractivity contribution in [3.05, 3.63) is 64.2 Å². The lowest BCUT2D eigenvalue weighted by Gasteiger charge is -2.38. The number of nitrogens with zero attached hydrogens (tertiary/aromatic N) is 1. The van der Waals surface area contributed by atoms with Gasteiger partial charge in [0.1, 0.15) is 18.1 Å². The molecule has 1 saturated heterocycles. The summed E-state index contributed by atoms with van der Waals surface area (Å²) < 4.78 is 11.7. The van der Waals surface area contributed by atoms with Crippen molar-refractivity contribution in [1.82, 2.24) is 4.90 Å². The summed E-state index contributed by atoms with van der Waals surface area (Å²) in [5, 5.41) is 9.09. The molecule has 5 nitrogen and oxygen atoms in total. The molecule has 1 aliphatic heterocycles. The molecule has 0 spiro atoms. The number of allylic oxidation sites excluding steroid dienone is 1.